The van der Waals surface area contributed by atoms with Gasteiger partial charge in [-0.3, -0.25) is 10.1 Å². The van der Waals surface area contributed by atoms with Crippen LogP contribution >= 0.6 is 0 Å². The molecule has 0 atom stereocenters. The van der Waals surface area contributed by atoms with Gasteiger partial charge in [-0.05, 0) is 32.9 Å². The van der Waals surface area contributed by atoms with Crippen molar-refractivity contribution in [2.45, 2.75) is 32.2 Å². The van der Waals surface area contributed by atoms with E-state index in [1.165, 1.54) is 32.4 Å². The molecule has 6 heteroatoms. The van der Waals surface area contributed by atoms with Crippen LogP contribution < -0.4 is 5.32 Å². The molecule has 1 aliphatic rings. The van der Waals surface area contributed by atoms with E-state index in [0.29, 0.717) is 0 Å². The summed E-state index contributed by atoms with van der Waals surface area (Å²) in [6, 6.07) is 0. The van der Waals surface area contributed by atoms with Gasteiger partial charge in [0, 0.05) is 20.3 Å². The minimum absolute atomic E-state index is 0.180. The maximum Gasteiger partial charge on any atom is 0.412 e. The molecule has 0 aromatic rings. The molecule has 1 rings (SSSR count). The number of nitrogens with one attached hydrogen (secondary N) is 1. The van der Waals surface area contributed by atoms with E-state index in [-0.39, 0.29) is 11.5 Å². The minimum Gasteiger partial charge on any atom is -0.444 e. The predicted octanol–water partition coefficient (Wildman–Crippen LogP) is 1.52. The van der Waals surface area contributed by atoms with Gasteiger partial charge >= 0.3 is 6.09 Å². The number of ketones is 1. The van der Waals surface area contributed by atoms with Crippen molar-refractivity contribution in [3.05, 3.63) is 23.9 Å². The molecule has 1 aliphatic carbocycles. The summed E-state index contributed by atoms with van der Waals surface area (Å²) in [5, 5.41) is 2.48. The van der Waals surface area contributed by atoms with E-state index in [2.05, 4.69) is 5.32 Å². The zero-order chi connectivity index (χ0) is 14.7. The normalized spacial score (nSPS) is 17.9. The molecule has 0 aromatic carbocycles. The third kappa shape index (κ3) is 3.90. The van der Waals surface area contributed by atoms with E-state index < -0.39 is 17.5 Å². The van der Waals surface area contributed by atoms with Crippen molar-refractivity contribution in [3.8, 4) is 0 Å². The van der Waals surface area contributed by atoms with Crippen LogP contribution in [0.15, 0.2) is 23.9 Å². The molecule has 1 amide bonds. The molecule has 0 saturated heterocycles. The van der Waals surface area contributed by atoms with Crippen molar-refractivity contribution < 1.29 is 23.8 Å². The first-order valence-electron chi connectivity index (χ1n) is 5.78. The fraction of sp³-hybridized carbons (Fsp3) is 0.538. The van der Waals surface area contributed by atoms with Crippen molar-refractivity contribution in [1.29, 1.82) is 0 Å². The van der Waals surface area contributed by atoms with E-state index in [1.54, 1.807) is 20.8 Å². The standard InChI is InChI=1S/C13H19NO5/c1-12(2,3)19-11(16)14-10-8-9(15)6-7-13(10,17-4)18-5/h6-8H,1-5H3,(H,14,16). The van der Waals surface area contributed by atoms with Crippen LogP contribution in [0.2, 0.25) is 0 Å². The lowest BCUT2D eigenvalue weighted by Crippen LogP contribution is -2.45. The molecule has 6 nitrogen and oxygen atoms in total. The van der Waals surface area contributed by atoms with Crippen molar-refractivity contribution in [2.75, 3.05) is 14.2 Å². The third-order valence-corrected chi connectivity index (χ3v) is 2.37. The molecule has 0 unspecified atom stereocenters. The SMILES string of the molecule is COC1(OC)C=CC(=O)C=C1NC(=O)OC(C)(C)C. The van der Waals surface area contributed by atoms with E-state index >= 15 is 0 Å². The highest BCUT2D eigenvalue weighted by Gasteiger charge is 2.36. The summed E-state index contributed by atoms with van der Waals surface area (Å²) in [6.07, 6.45) is 3.30. The second-order valence-electron chi connectivity index (χ2n) is 5.00. The van der Waals surface area contributed by atoms with Gasteiger partial charge in [0.2, 0.25) is 5.79 Å². The summed E-state index contributed by atoms with van der Waals surface area (Å²) in [5.41, 5.74) is -0.457. The van der Waals surface area contributed by atoms with Crippen LogP contribution in [-0.2, 0) is 19.0 Å². The molecular formula is C13H19NO5. The number of alkyl carbamates (subject to hydrolysis) is 1. The van der Waals surface area contributed by atoms with Gasteiger partial charge in [0.05, 0.1) is 5.70 Å². The molecule has 19 heavy (non-hydrogen) atoms. The second-order valence-corrected chi connectivity index (χ2v) is 5.00. The maximum atomic E-state index is 11.7. The largest absolute Gasteiger partial charge is 0.444 e. The Bertz CT molecular complexity index is 427. The van der Waals surface area contributed by atoms with Crippen LogP contribution in [0, 0.1) is 0 Å². The van der Waals surface area contributed by atoms with E-state index in [9.17, 15) is 9.59 Å². The van der Waals surface area contributed by atoms with Gasteiger partial charge in [-0.1, -0.05) is 0 Å². The number of hydrogen-bond donors (Lipinski definition) is 1. The number of amides is 1. The Labute approximate surface area is 112 Å². The van der Waals surface area contributed by atoms with Crippen LogP contribution in [0.25, 0.3) is 0 Å². The Morgan fingerprint density at radius 1 is 1.26 bits per heavy atom. The smallest absolute Gasteiger partial charge is 0.412 e. The van der Waals surface area contributed by atoms with Gasteiger partial charge in [0.25, 0.3) is 0 Å². The molecule has 0 heterocycles. The molecule has 106 valence electrons. The lowest BCUT2D eigenvalue weighted by molar-refractivity contribution is -0.147. The van der Waals surface area contributed by atoms with Crippen LogP contribution in [0.1, 0.15) is 20.8 Å². The molecule has 0 spiro atoms. The van der Waals surface area contributed by atoms with Gasteiger partial charge in [-0.15, -0.1) is 0 Å². The highest BCUT2D eigenvalue weighted by molar-refractivity contribution is 6.01. The van der Waals surface area contributed by atoms with Crippen molar-refractivity contribution >= 4 is 11.9 Å². The van der Waals surface area contributed by atoms with Crippen LogP contribution in [-0.4, -0.2) is 37.5 Å². The Morgan fingerprint density at radius 2 is 1.84 bits per heavy atom. The number of rotatable bonds is 3. The van der Waals surface area contributed by atoms with Crippen molar-refractivity contribution in [1.82, 2.24) is 5.32 Å². The second kappa shape index (κ2) is 5.54. The summed E-state index contributed by atoms with van der Waals surface area (Å²) < 4.78 is 15.6. The average molecular weight is 269 g/mol. The fourth-order valence-corrected chi connectivity index (χ4v) is 1.55. The molecule has 0 aliphatic heterocycles. The van der Waals surface area contributed by atoms with Gasteiger partial charge in [-0.25, -0.2) is 4.79 Å². The highest BCUT2D eigenvalue weighted by Crippen LogP contribution is 2.25. The number of hydrogen-bond acceptors (Lipinski definition) is 5. The number of allylic oxidation sites excluding steroid dienone is 2. The molecular weight excluding hydrogens is 250 g/mol. The summed E-state index contributed by atoms with van der Waals surface area (Å²) in [7, 11) is 2.82. The molecule has 0 saturated carbocycles. The molecule has 0 bridgehead atoms. The van der Waals surface area contributed by atoms with Crippen molar-refractivity contribution in [3.63, 3.8) is 0 Å². The Balaban J connectivity index is 2.90. The monoisotopic (exact) mass is 269 g/mol. The third-order valence-electron chi connectivity index (χ3n) is 2.37. The number of methoxy groups -OCH3 is 2. The number of carbonyl (C=O) groups is 2. The summed E-state index contributed by atoms with van der Waals surface area (Å²) in [6.45, 7) is 5.23. The van der Waals surface area contributed by atoms with Gasteiger partial charge in [-0.2, -0.15) is 0 Å². The average Bonchev–Trinajstić information content (AvgIpc) is 2.27. The predicted molar refractivity (Wildman–Crippen MR) is 68.3 cm³/mol. The van der Waals surface area contributed by atoms with Gasteiger partial charge in [0.1, 0.15) is 5.60 Å². The van der Waals surface area contributed by atoms with Gasteiger partial charge < -0.3 is 14.2 Å². The summed E-state index contributed by atoms with van der Waals surface area (Å²) in [4.78, 5) is 23.1. The van der Waals surface area contributed by atoms with E-state index in [4.69, 9.17) is 14.2 Å². The first-order valence-corrected chi connectivity index (χ1v) is 5.78. The minimum atomic E-state index is -1.29. The Morgan fingerprint density at radius 3 is 2.32 bits per heavy atom. The molecule has 0 aromatic heterocycles. The number of ether oxygens (including phenoxy) is 3. The fourth-order valence-electron chi connectivity index (χ4n) is 1.55. The van der Waals surface area contributed by atoms with Crippen LogP contribution in [0.3, 0.4) is 0 Å². The molecule has 0 radical (unpaired) electrons. The summed E-state index contributed by atoms with van der Waals surface area (Å²) in [5.74, 6) is -1.55. The zero-order valence-corrected chi connectivity index (χ0v) is 11.8. The topological polar surface area (TPSA) is 73.9 Å². The molecule has 0 fully saturated rings. The Kier molecular flexibility index (Phi) is 4.49. The maximum absolute atomic E-state index is 11.7. The lowest BCUT2D eigenvalue weighted by atomic mass is 10.0. The van der Waals surface area contributed by atoms with E-state index in [1.807, 2.05) is 0 Å². The van der Waals surface area contributed by atoms with E-state index in [0.717, 1.165) is 0 Å². The Hall–Kier alpha value is -1.66. The van der Waals surface area contributed by atoms with Crippen LogP contribution in [0.4, 0.5) is 4.79 Å². The van der Waals surface area contributed by atoms with Crippen molar-refractivity contribution in [2.24, 2.45) is 0 Å². The summed E-state index contributed by atoms with van der Waals surface area (Å²) >= 11 is 0. The lowest BCUT2D eigenvalue weighted by Gasteiger charge is -2.32. The van der Waals surface area contributed by atoms with Crippen LogP contribution in [0.5, 0.6) is 0 Å². The van der Waals surface area contributed by atoms with Gasteiger partial charge in [0.15, 0.2) is 5.78 Å². The first kappa shape index (κ1) is 15.4. The molecule has 1 N–H and O–H groups in total. The quantitative estimate of drug-likeness (QED) is 0.786. The number of carbonyl (C=O) groups excluding carboxylic acids is 2. The highest BCUT2D eigenvalue weighted by atomic mass is 16.7. The zero-order valence-electron chi connectivity index (χ0n) is 11.8. The first-order chi connectivity index (χ1) is 8.72.